The molecule has 0 bridgehead atoms. The Hall–Kier alpha value is -5.14. The van der Waals surface area contributed by atoms with Crippen LogP contribution >= 0.6 is 0 Å². The van der Waals surface area contributed by atoms with E-state index in [4.69, 9.17) is 8.83 Å². The van der Waals surface area contributed by atoms with Crippen LogP contribution in [0.25, 0.3) is 56.1 Å². The Balaban J connectivity index is 1.67. The Bertz CT molecular complexity index is 2210. The number of halogens is 2. The highest BCUT2D eigenvalue weighted by molar-refractivity contribution is 7.92. The fourth-order valence-corrected chi connectivity index (χ4v) is 6.28. The monoisotopic (exact) mass is 646 g/mol. The van der Waals surface area contributed by atoms with Crippen molar-refractivity contribution in [1.29, 1.82) is 0 Å². The van der Waals surface area contributed by atoms with Crippen molar-refractivity contribution in [2.45, 2.75) is 19.4 Å². The molecule has 236 valence electrons. The van der Waals surface area contributed by atoms with Crippen molar-refractivity contribution in [1.82, 2.24) is 15.3 Å². The van der Waals surface area contributed by atoms with Crippen molar-refractivity contribution in [3.05, 3.63) is 90.1 Å². The van der Waals surface area contributed by atoms with E-state index in [0.29, 0.717) is 16.8 Å². The van der Waals surface area contributed by atoms with Crippen molar-refractivity contribution < 1.29 is 35.9 Å². The van der Waals surface area contributed by atoms with Gasteiger partial charge in [-0.2, -0.15) is 4.98 Å². The lowest BCUT2D eigenvalue weighted by molar-refractivity contribution is 0.0909. The minimum atomic E-state index is -4.04. The molecule has 0 saturated carbocycles. The molecular weight excluding hydrogens is 618 g/mol. The van der Waals surface area contributed by atoms with Crippen LogP contribution in [0.2, 0.25) is 0 Å². The lowest BCUT2D eigenvalue weighted by Crippen LogP contribution is -2.42. The molecule has 0 saturated heterocycles. The lowest BCUT2D eigenvalue weighted by atomic mass is 9.96. The summed E-state index contributed by atoms with van der Waals surface area (Å²) < 4.78 is 68.6. The molecule has 0 unspecified atom stereocenters. The van der Waals surface area contributed by atoms with Gasteiger partial charge in [0.15, 0.2) is 11.2 Å². The number of fused-ring (bicyclic) bond motifs is 2. The van der Waals surface area contributed by atoms with Gasteiger partial charge in [0.2, 0.25) is 15.9 Å². The van der Waals surface area contributed by atoms with Gasteiger partial charge >= 0.3 is 0 Å². The normalized spacial score (nSPS) is 12.2. The first kappa shape index (κ1) is 30.9. The summed E-state index contributed by atoms with van der Waals surface area (Å²) >= 11 is 0. The number of furan rings is 1. The third-order valence-corrected chi connectivity index (χ3v) is 8.31. The van der Waals surface area contributed by atoms with E-state index in [-0.39, 0.29) is 57.1 Å². The molecule has 0 aliphatic heterocycles. The van der Waals surface area contributed by atoms with E-state index in [1.54, 1.807) is 24.4 Å². The van der Waals surface area contributed by atoms with Gasteiger partial charge in [-0.1, -0.05) is 0 Å². The molecule has 3 aromatic heterocycles. The molecule has 10 nitrogen and oxygen atoms in total. The SMILES string of the molecule is CNC(=O)c1c(-c2ccc(F)cc2)oc2cc(N(CC(C)(C)O)S(C)(=O)=O)c(-c3cc(F)cc(-c4nc5ncccc5o4)c3)cc12. The van der Waals surface area contributed by atoms with E-state index in [0.717, 1.165) is 10.6 Å². The van der Waals surface area contributed by atoms with E-state index in [2.05, 4.69) is 15.3 Å². The Morgan fingerprint density at radius 2 is 1.67 bits per heavy atom. The van der Waals surface area contributed by atoms with Crippen molar-refractivity contribution >= 4 is 43.8 Å². The fourth-order valence-electron chi connectivity index (χ4n) is 5.22. The Kier molecular flexibility index (Phi) is 7.61. The van der Waals surface area contributed by atoms with Gasteiger partial charge in [-0.25, -0.2) is 22.2 Å². The van der Waals surface area contributed by atoms with Crippen LogP contribution in [0.15, 0.2) is 81.8 Å². The van der Waals surface area contributed by atoms with Crippen LogP contribution in [-0.4, -0.2) is 54.8 Å². The maximum atomic E-state index is 15.4. The molecule has 0 fully saturated rings. The minimum Gasteiger partial charge on any atom is -0.455 e. The summed E-state index contributed by atoms with van der Waals surface area (Å²) in [6, 6.07) is 15.6. The van der Waals surface area contributed by atoms with Gasteiger partial charge in [-0.3, -0.25) is 9.10 Å². The Labute approximate surface area is 262 Å². The number of nitrogens with one attached hydrogen (secondary N) is 1. The number of nitrogens with zero attached hydrogens (tertiary/aromatic N) is 3. The van der Waals surface area contributed by atoms with Gasteiger partial charge in [0.1, 0.15) is 23.0 Å². The highest BCUT2D eigenvalue weighted by Crippen LogP contribution is 2.43. The number of pyridine rings is 1. The van der Waals surface area contributed by atoms with Gasteiger partial charge in [0, 0.05) is 41.4 Å². The molecule has 6 aromatic rings. The second-order valence-corrected chi connectivity index (χ2v) is 13.3. The smallest absolute Gasteiger partial charge is 0.255 e. The first-order valence-electron chi connectivity index (χ1n) is 14.0. The number of anilines is 1. The largest absolute Gasteiger partial charge is 0.455 e. The number of amides is 1. The quantitative estimate of drug-likeness (QED) is 0.201. The van der Waals surface area contributed by atoms with Crippen LogP contribution in [0.1, 0.15) is 24.2 Å². The fraction of sp³-hybridized carbons (Fsp3) is 0.182. The Morgan fingerprint density at radius 1 is 0.957 bits per heavy atom. The van der Waals surface area contributed by atoms with Crippen LogP contribution in [0.4, 0.5) is 14.5 Å². The Morgan fingerprint density at radius 3 is 2.33 bits per heavy atom. The molecule has 1 amide bonds. The van der Waals surface area contributed by atoms with Gasteiger partial charge in [-0.05, 0) is 80.1 Å². The van der Waals surface area contributed by atoms with Gasteiger partial charge < -0.3 is 19.3 Å². The first-order valence-corrected chi connectivity index (χ1v) is 15.9. The molecule has 13 heteroatoms. The molecule has 0 spiro atoms. The molecule has 3 aromatic carbocycles. The average molecular weight is 647 g/mol. The van der Waals surface area contributed by atoms with E-state index < -0.39 is 33.2 Å². The number of benzene rings is 3. The zero-order chi connectivity index (χ0) is 33.0. The zero-order valence-electron chi connectivity index (χ0n) is 25.1. The maximum Gasteiger partial charge on any atom is 0.255 e. The van der Waals surface area contributed by atoms with Gasteiger partial charge in [0.05, 0.1) is 29.7 Å². The summed E-state index contributed by atoms with van der Waals surface area (Å²) in [5.41, 5.74) is 0.578. The van der Waals surface area contributed by atoms with Crippen LogP contribution < -0.4 is 9.62 Å². The van der Waals surface area contributed by atoms with Crippen molar-refractivity contribution in [2.75, 3.05) is 24.2 Å². The van der Waals surface area contributed by atoms with Crippen LogP contribution in [0.3, 0.4) is 0 Å². The highest BCUT2D eigenvalue weighted by Gasteiger charge is 2.31. The number of hydrogen-bond acceptors (Lipinski definition) is 8. The van der Waals surface area contributed by atoms with Crippen LogP contribution in [-0.2, 0) is 10.0 Å². The summed E-state index contributed by atoms with van der Waals surface area (Å²) in [4.78, 5) is 21.8. The van der Waals surface area contributed by atoms with Crippen molar-refractivity contribution in [3.8, 4) is 33.9 Å². The van der Waals surface area contributed by atoms with Gasteiger partial charge in [-0.15, -0.1) is 0 Å². The van der Waals surface area contributed by atoms with E-state index >= 15 is 4.39 Å². The molecule has 0 aliphatic rings. The van der Waals surface area contributed by atoms with Gasteiger partial charge in [0.25, 0.3) is 5.91 Å². The first-order chi connectivity index (χ1) is 21.7. The number of aromatic nitrogens is 2. The number of carbonyl (C=O) groups excluding carboxylic acids is 1. The predicted octanol–water partition coefficient (Wildman–Crippen LogP) is 6.14. The number of rotatable bonds is 8. The molecule has 0 atom stereocenters. The maximum absolute atomic E-state index is 15.4. The lowest BCUT2D eigenvalue weighted by Gasteiger charge is -2.30. The number of aliphatic hydroxyl groups is 1. The number of oxazole rings is 1. The molecule has 6 rings (SSSR count). The molecule has 46 heavy (non-hydrogen) atoms. The van der Waals surface area contributed by atoms with E-state index in [1.807, 2.05) is 0 Å². The van der Waals surface area contributed by atoms with Crippen molar-refractivity contribution in [2.24, 2.45) is 0 Å². The number of hydrogen-bond donors (Lipinski definition) is 2. The number of carbonyl (C=O) groups is 1. The van der Waals surface area contributed by atoms with E-state index in [1.165, 1.54) is 69.4 Å². The molecule has 0 radical (unpaired) electrons. The third-order valence-electron chi connectivity index (χ3n) is 7.19. The summed E-state index contributed by atoms with van der Waals surface area (Å²) in [6.45, 7) is 2.54. The molecule has 0 aliphatic carbocycles. The van der Waals surface area contributed by atoms with Crippen molar-refractivity contribution in [3.63, 3.8) is 0 Å². The number of sulfonamides is 1. The summed E-state index contributed by atoms with van der Waals surface area (Å²) in [7, 11) is -2.61. The van der Waals surface area contributed by atoms with E-state index in [9.17, 15) is 22.7 Å². The standard InChI is InChI=1S/C33H28F2N4O6S/c1-33(2,41)17-39(46(4,42)43)25-16-27-24(28(31(40)36-3)29(44-27)18-7-9-21(34)10-8-18)15-23(25)19-12-20(14-22(35)13-19)32-38-30-26(45-32)6-5-11-37-30/h5-16,41H,17H2,1-4H3,(H,36,40). The third kappa shape index (κ3) is 5.94. The van der Waals surface area contributed by atoms with Crippen LogP contribution in [0.5, 0.6) is 0 Å². The molecular formula is C33H28F2N4O6S. The molecule has 3 heterocycles. The summed E-state index contributed by atoms with van der Waals surface area (Å²) in [5.74, 6) is -1.48. The average Bonchev–Trinajstić information content (AvgIpc) is 3.60. The minimum absolute atomic E-state index is 0.0516. The summed E-state index contributed by atoms with van der Waals surface area (Å²) in [6.07, 6.45) is 2.53. The zero-order valence-corrected chi connectivity index (χ0v) is 25.9. The second-order valence-electron chi connectivity index (χ2n) is 11.4. The summed E-state index contributed by atoms with van der Waals surface area (Å²) in [5, 5.41) is 13.6. The molecule has 2 N–H and O–H groups in total. The topological polar surface area (TPSA) is 139 Å². The highest BCUT2D eigenvalue weighted by atomic mass is 32.2. The van der Waals surface area contributed by atoms with Crippen LogP contribution in [0, 0.1) is 11.6 Å². The predicted molar refractivity (Wildman–Crippen MR) is 170 cm³/mol. The second kappa shape index (κ2) is 11.3.